The van der Waals surface area contributed by atoms with Crippen molar-refractivity contribution in [2.24, 2.45) is 5.92 Å². The van der Waals surface area contributed by atoms with Crippen LogP contribution in [0.5, 0.6) is 0 Å². The zero-order chi connectivity index (χ0) is 14.5. The standard InChI is InChI=1S/C17H26N2O/c1-13(2)11-18-17(20)12-19(3)16-10-6-8-14-7-4-5-9-15(14)16/h4-5,7,9,13,16H,6,8,10-12H2,1-3H3,(H,18,20)/p+1/t16-/m0/s1. The Hall–Kier alpha value is -1.35. The number of amides is 1. The smallest absolute Gasteiger partial charge is 0.275 e. The van der Waals surface area contributed by atoms with Gasteiger partial charge in [-0.2, -0.15) is 0 Å². The van der Waals surface area contributed by atoms with Gasteiger partial charge in [-0.1, -0.05) is 38.1 Å². The van der Waals surface area contributed by atoms with Gasteiger partial charge in [-0.3, -0.25) is 4.79 Å². The summed E-state index contributed by atoms with van der Waals surface area (Å²) in [7, 11) is 2.14. The lowest BCUT2D eigenvalue weighted by atomic mass is 9.87. The number of quaternary nitrogens is 1. The second-order valence-electron chi connectivity index (χ2n) is 6.36. The molecule has 1 unspecified atom stereocenters. The summed E-state index contributed by atoms with van der Waals surface area (Å²) in [4.78, 5) is 13.3. The quantitative estimate of drug-likeness (QED) is 0.835. The van der Waals surface area contributed by atoms with Crippen molar-refractivity contribution < 1.29 is 9.69 Å². The highest BCUT2D eigenvalue weighted by Crippen LogP contribution is 2.27. The fourth-order valence-electron chi connectivity index (χ4n) is 3.02. The molecule has 110 valence electrons. The van der Waals surface area contributed by atoms with Crippen LogP contribution in [-0.4, -0.2) is 26.0 Å². The molecule has 0 heterocycles. The minimum Gasteiger partial charge on any atom is -0.351 e. The summed E-state index contributed by atoms with van der Waals surface area (Å²) >= 11 is 0. The van der Waals surface area contributed by atoms with Crippen molar-refractivity contribution in [1.29, 1.82) is 0 Å². The molecule has 1 aromatic rings. The van der Waals surface area contributed by atoms with Crippen LogP contribution in [0, 0.1) is 5.92 Å². The molecular formula is C17H27N2O+. The molecule has 1 aliphatic carbocycles. The van der Waals surface area contributed by atoms with Gasteiger partial charge in [0.1, 0.15) is 6.04 Å². The van der Waals surface area contributed by atoms with Crippen LogP contribution in [0.25, 0.3) is 0 Å². The molecule has 1 aromatic carbocycles. The van der Waals surface area contributed by atoms with Gasteiger partial charge in [0.25, 0.3) is 5.91 Å². The fourth-order valence-corrected chi connectivity index (χ4v) is 3.02. The minimum absolute atomic E-state index is 0.166. The molecule has 0 spiro atoms. The first-order valence-corrected chi connectivity index (χ1v) is 7.74. The summed E-state index contributed by atoms with van der Waals surface area (Å²) in [6.45, 7) is 5.57. The number of fused-ring (bicyclic) bond motifs is 1. The van der Waals surface area contributed by atoms with Crippen molar-refractivity contribution >= 4 is 5.91 Å². The minimum atomic E-state index is 0.166. The molecule has 2 rings (SSSR count). The molecule has 3 heteroatoms. The van der Waals surface area contributed by atoms with Gasteiger partial charge in [0, 0.05) is 18.5 Å². The van der Waals surface area contributed by atoms with Gasteiger partial charge >= 0.3 is 0 Å². The van der Waals surface area contributed by atoms with Gasteiger partial charge in [-0.05, 0) is 24.3 Å². The van der Waals surface area contributed by atoms with Crippen LogP contribution in [0.3, 0.4) is 0 Å². The monoisotopic (exact) mass is 275 g/mol. The lowest BCUT2D eigenvalue weighted by Gasteiger charge is -2.30. The first kappa shape index (κ1) is 15.0. The SMILES string of the molecule is CC(C)CNC(=O)C[NH+](C)[C@H]1CCCc2ccccc21. The highest BCUT2D eigenvalue weighted by atomic mass is 16.2. The third-order valence-electron chi connectivity index (χ3n) is 4.11. The Labute approximate surface area is 122 Å². The molecule has 1 aliphatic rings. The summed E-state index contributed by atoms with van der Waals surface area (Å²) < 4.78 is 0. The van der Waals surface area contributed by atoms with Crippen LogP contribution in [0.4, 0.5) is 0 Å². The number of carbonyl (C=O) groups is 1. The van der Waals surface area contributed by atoms with E-state index >= 15 is 0 Å². The predicted molar refractivity (Wildman–Crippen MR) is 81.7 cm³/mol. The van der Waals surface area contributed by atoms with Crippen molar-refractivity contribution in [3.05, 3.63) is 35.4 Å². The second-order valence-corrected chi connectivity index (χ2v) is 6.36. The fraction of sp³-hybridized carbons (Fsp3) is 0.588. The van der Waals surface area contributed by atoms with E-state index in [1.807, 2.05) is 0 Å². The lowest BCUT2D eigenvalue weighted by molar-refractivity contribution is -0.905. The van der Waals surface area contributed by atoms with Crippen molar-refractivity contribution in [3.8, 4) is 0 Å². The molecule has 0 radical (unpaired) electrons. The van der Waals surface area contributed by atoms with E-state index in [1.54, 1.807) is 0 Å². The Morgan fingerprint density at radius 2 is 2.15 bits per heavy atom. The number of hydrogen-bond acceptors (Lipinski definition) is 1. The Morgan fingerprint density at radius 3 is 2.90 bits per heavy atom. The number of carbonyl (C=O) groups excluding carboxylic acids is 1. The summed E-state index contributed by atoms with van der Waals surface area (Å²) in [5, 5.41) is 3.02. The first-order valence-electron chi connectivity index (χ1n) is 7.74. The van der Waals surface area contributed by atoms with Gasteiger partial charge in [-0.25, -0.2) is 0 Å². The first-order chi connectivity index (χ1) is 9.58. The van der Waals surface area contributed by atoms with E-state index < -0.39 is 0 Å². The Morgan fingerprint density at radius 1 is 1.40 bits per heavy atom. The Kier molecular flexibility index (Phi) is 5.18. The Bertz CT molecular complexity index is 456. The van der Waals surface area contributed by atoms with E-state index in [0.717, 1.165) is 6.54 Å². The third-order valence-corrected chi connectivity index (χ3v) is 4.11. The molecule has 0 fully saturated rings. The van der Waals surface area contributed by atoms with Gasteiger partial charge in [-0.15, -0.1) is 0 Å². The molecule has 1 amide bonds. The predicted octanol–water partition coefficient (Wildman–Crippen LogP) is 1.35. The molecular weight excluding hydrogens is 248 g/mol. The van der Waals surface area contributed by atoms with Crippen LogP contribution in [0.1, 0.15) is 43.9 Å². The molecule has 2 atom stereocenters. The number of nitrogens with one attached hydrogen (secondary N) is 2. The average Bonchev–Trinajstić information content (AvgIpc) is 2.44. The van der Waals surface area contributed by atoms with Crippen molar-refractivity contribution in [2.75, 3.05) is 20.1 Å². The number of rotatable bonds is 5. The van der Waals surface area contributed by atoms with E-state index in [9.17, 15) is 4.79 Å². The van der Waals surface area contributed by atoms with Crippen molar-refractivity contribution in [3.63, 3.8) is 0 Å². The van der Waals surface area contributed by atoms with Gasteiger partial charge in [0.2, 0.25) is 0 Å². The summed E-state index contributed by atoms with van der Waals surface area (Å²) in [5.74, 6) is 0.675. The topological polar surface area (TPSA) is 33.5 Å². The largest absolute Gasteiger partial charge is 0.351 e. The number of hydrogen-bond donors (Lipinski definition) is 2. The van der Waals surface area contributed by atoms with Gasteiger partial charge < -0.3 is 10.2 Å². The molecule has 0 aliphatic heterocycles. The van der Waals surface area contributed by atoms with Crippen LogP contribution in [-0.2, 0) is 11.2 Å². The Balaban J connectivity index is 1.96. The van der Waals surface area contributed by atoms with Crippen LogP contribution >= 0.6 is 0 Å². The second kappa shape index (κ2) is 6.89. The summed E-state index contributed by atoms with van der Waals surface area (Å²) in [6.07, 6.45) is 3.59. The maximum atomic E-state index is 12.0. The van der Waals surface area contributed by atoms with Crippen LogP contribution < -0.4 is 10.2 Å². The maximum Gasteiger partial charge on any atom is 0.275 e. The highest BCUT2D eigenvalue weighted by molar-refractivity contribution is 5.76. The molecule has 0 bridgehead atoms. The number of likely N-dealkylation sites (N-methyl/N-ethyl adjacent to an activating group) is 1. The lowest BCUT2D eigenvalue weighted by Crippen LogP contribution is -3.10. The highest BCUT2D eigenvalue weighted by Gasteiger charge is 2.27. The maximum absolute atomic E-state index is 12.0. The molecule has 0 saturated carbocycles. The van der Waals surface area contributed by atoms with Gasteiger partial charge in [0.15, 0.2) is 6.54 Å². The number of benzene rings is 1. The van der Waals surface area contributed by atoms with Crippen molar-refractivity contribution in [1.82, 2.24) is 5.32 Å². The molecule has 20 heavy (non-hydrogen) atoms. The van der Waals surface area contributed by atoms with Crippen molar-refractivity contribution in [2.45, 2.75) is 39.2 Å². The van der Waals surface area contributed by atoms with E-state index in [0.29, 0.717) is 18.5 Å². The average molecular weight is 275 g/mol. The van der Waals surface area contributed by atoms with Crippen LogP contribution in [0.15, 0.2) is 24.3 Å². The zero-order valence-electron chi connectivity index (χ0n) is 12.9. The van der Waals surface area contributed by atoms with Gasteiger partial charge in [0.05, 0.1) is 7.05 Å². The normalized spacial score (nSPS) is 19.5. The molecule has 2 N–H and O–H groups in total. The molecule has 0 saturated heterocycles. The van der Waals surface area contributed by atoms with E-state index in [1.165, 1.54) is 35.3 Å². The summed E-state index contributed by atoms with van der Waals surface area (Å²) in [5.41, 5.74) is 2.90. The zero-order valence-corrected chi connectivity index (χ0v) is 12.9. The number of aryl methyl sites for hydroxylation is 1. The van der Waals surface area contributed by atoms with E-state index in [4.69, 9.17) is 0 Å². The van der Waals surface area contributed by atoms with Crippen LogP contribution in [0.2, 0.25) is 0 Å². The third kappa shape index (κ3) is 3.83. The summed E-state index contributed by atoms with van der Waals surface area (Å²) in [6, 6.07) is 9.15. The van der Waals surface area contributed by atoms with E-state index in [2.05, 4.69) is 50.5 Å². The molecule has 0 aromatic heterocycles. The molecule has 3 nitrogen and oxygen atoms in total. The van der Waals surface area contributed by atoms with E-state index in [-0.39, 0.29) is 5.91 Å².